The molecular weight excluding hydrogens is 307 g/mol. The second-order valence-corrected chi connectivity index (χ2v) is 6.23. The number of aromatic nitrogens is 2. The summed E-state index contributed by atoms with van der Waals surface area (Å²) in [5.41, 5.74) is 1.61. The van der Waals surface area contributed by atoms with Crippen molar-refractivity contribution in [3.8, 4) is 5.75 Å². The topological polar surface area (TPSA) is 41.5 Å². The summed E-state index contributed by atoms with van der Waals surface area (Å²) in [5.74, 6) is 1.02. The molecule has 5 nitrogen and oxygen atoms in total. The molecule has 0 radical (unpaired) electrons. The maximum Gasteiger partial charge on any atom is 0.187 e. The molecule has 0 aliphatic carbocycles. The van der Waals surface area contributed by atoms with Gasteiger partial charge in [-0.15, -0.1) is 0 Å². The first kappa shape index (κ1) is 16.5. The molecular formula is C18H23FN4O. The SMILES string of the molecule is COc1cccc(N2CCN(c3ncnc(C(C)C)c3F)CC2)c1. The zero-order valence-corrected chi connectivity index (χ0v) is 14.4. The fraction of sp³-hybridized carbons (Fsp3) is 0.444. The first-order valence-corrected chi connectivity index (χ1v) is 8.24. The molecule has 0 N–H and O–H groups in total. The van der Waals surface area contributed by atoms with Crippen LogP contribution < -0.4 is 14.5 Å². The highest BCUT2D eigenvalue weighted by Gasteiger charge is 2.23. The van der Waals surface area contributed by atoms with Gasteiger partial charge in [0, 0.05) is 37.9 Å². The molecule has 6 heteroatoms. The highest BCUT2D eigenvalue weighted by Crippen LogP contribution is 2.26. The molecule has 1 saturated heterocycles. The van der Waals surface area contributed by atoms with E-state index < -0.39 is 0 Å². The van der Waals surface area contributed by atoms with Crippen LogP contribution in [0.3, 0.4) is 0 Å². The molecule has 0 spiro atoms. The number of methoxy groups -OCH3 is 1. The van der Waals surface area contributed by atoms with Gasteiger partial charge in [-0.25, -0.2) is 14.4 Å². The van der Waals surface area contributed by atoms with Gasteiger partial charge >= 0.3 is 0 Å². The predicted molar refractivity (Wildman–Crippen MR) is 93.5 cm³/mol. The number of nitrogens with zero attached hydrogens (tertiary/aromatic N) is 4. The minimum absolute atomic E-state index is 0.0461. The average molecular weight is 330 g/mol. The van der Waals surface area contributed by atoms with E-state index in [1.54, 1.807) is 7.11 Å². The lowest BCUT2D eigenvalue weighted by Crippen LogP contribution is -2.47. The van der Waals surface area contributed by atoms with Crippen molar-refractivity contribution in [2.45, 2.75) is 19.8 Å². The number of benzene rings is 1. The van der Waals surface area contributed by atoms with Crippen molar-refractivity contribution < 1.29 is 9.13 Å². The van der Waals surface area contributed by atoms with Crippen molar-refractivity contribution >= 4 is 11.5 Å². The number of rotatable bonds is 4. The van der Waals surface area contributed by atoms with E-state index in [2.05, 4.69) is 20.9 Å². The molecule has 1 aromatic carbocycles. The standard InChI is InChI=1S/C18H23FN4O/c1-13(2)17-16(19)18(21-12-20-17)23-9-7-22(8-10-23)14-5-4-6-15(11-14)24-3/h4-6,11-13H,7-10H2,1-3H3. The Labute approximate surface area is 142 Å². The van der Waals surface area contributed by atoms with Crippen molar-refractivity contribution in [3.05, 3.63) is 42.1 Å². The van der Waals surface area contributed by atoms with Gasteiger partial charge in [-0.3, -0.25) is 0 Å². The zero-order valence-electron chi connectivity index (χ0n) is 14.4. The lowest BCUT2D eigenvalue weighted by Gasteiger charge is -2.37. The molecule has 2 aromatic rings. The summed E-state index contributed by atoms with van der Waals surface area (Å²) in [6, 6.07) is 8.02. The molecule has 0 saturated carbocycles. The third kappa shape index (κ3) is 3.27. The Balaban J connectivity index is 1.72. The van der Waals surface area contributed by atoms with Crippen molar-refractivity contribution in [1.82, 2.24) is 9.97 Å². The Bertz CT molecular complexity index is 699. The zero-order chi connectivity index (χ0) is 17.1. The Hall–Kier alpha value is -2.37. The number of hydrogen-bond donors (Lipinski definition) is 0. The predicted octanol–water partition coefficient (Wildman–Crippen LogP) is 3.07. The number of hydrogen-bond acceptors (Lipinski definition) is 5. The molecule has 128 valence electrons. The van der Waals surface area contributed by atoms with Crippen LogP contribution in [0.1, 0.15) is 25.5 Å². The highest BCUT2D eigenvalue weighted by atomic mass is 19.1. The Morgan fingerprint density at radius 1 is 1.08 bits per heavy atom. The smallest absolute Gasteiger partial charge is 0.187 e. The van der Waals surface area contributed by atoms with Crippen LogP contribution in [-0.2, 0) is 0 Å². The fourth-order valence-electron chi connectivity index (χ4n) is 2.98. The summed E-state index contributed by atoms with van der Waals surface area (Å²) in [4.78, 5) is 12.5. The quantitative estimate of drug-likeness (QED) is 0.862. The van der Waals surface area contributed by atoms with E-state index in [0.29, 0.717) is 11.5 Å². The summed E-state index contributed by atoms with van der Waals surface area (Å²) in [7, 11) is 1.67. The van der Waals surface area contributed by atoms with E-state index >= 15 is 0 Å². The van der Waals surface area contributed by atoms with Crippen LogP contribution in [0.5, 0.6) is 5.75 Å². The maximum atomic E-state index is 14.6. The molecule has 0 unspecified atom stereocenters. The van der Waals surface area contributed by atoms with Crippen LogP contribution >= 0.6 is 0 Å². The Morgan fingerprint density at radius 2 is 1.79 bits per heavy atom. The average Bonchev–Trinajstić information content (AvgIpc) is 2.62. The molecule has 1 aromatic heterocycles. The number of ether oxygens (including phenoxy) is 1. The van der Waals surface area contributed by atoms with Gasteiger partial charge in [0.05, 0.1) is 12.8 Å². The molecule has 1 fully saturated rings. The first-order chi connectivity index (χ1) is 11.6. The molecule has 3 rings (SSSR count). The van der Waals surface area contributed by atoms with Gasteiger partial charge in [-0.2, -0.15) is 0 Å². The van der Waals surface area contributed by atoms with Gasteiger partial charge in [0.25, 0.3) is 0 Å². The monoisotopic (exact) mass is 330 g/mol. The summed E-state index contributed by atoms with van der Waals surface area (Å²) in [6.07, 6.45) is 1.46. The lowest BCUT2D eigenvalue weighted by atomic mass is 10.1. The van der Waals surface area contributed by atoms with Crippen LogP contribution in [0.2, 0.25) is 0 Å². The van der Waals surface area contributed by atoms with Crippen LogP contribution in [0.25, 0.3) is 0 Å². The second kappa shape index (κ2) is 7.03. The minimum atomic E-state index is -0.290. The largest absolute Gasteiger partial charge is 0.497 e. The molecule has 1 aliphatic heterocycles. The van der Waals surface area contributed by atoms with Crippen molar-refractivity contribution in [3.63, 3.8) is 0 Å². The molecule has 0 amide bonds. The van der Waals surface area contributed by atoms with Gasteiger partial charge in [0.2, 0.25) is 0 Å². The van der Waals surface area contributed by atoms with Crippen molar-refractivity contribution in [2.24, 2.45) is 0 Å². The summed E-state index contributed by atoms with van der Waals surface area (Å²) in [5, 5.41) is 0. The molecule has 0 bridgehead atoms. The third-order valence-corrected chi connectivity index (χ3v) is 4.34. The van der Waals surface area contributed by atoms with E-state index in [0.717, 1.165) is 37.6 Å². The number of piperazine rings is 1. The van der Waals surface area contributed by atoms with Crippen LogP contribution in [0.4, 0.5) is 15.9 Å². The molecule has 1 aliphatic rings. The van der Waals surface area contributed by atoms with Gasteiger partial charge in [0.1, 0.15) is 12.1 Å². The van der Waals surface area contributed by atoms with Gasteiger partial charge in [0.15, 0.2) is 11.6 Å². The molecule has 2 heterocycles. The van der Waals surface area contributed by atoms with E-state index in [1.165, 1.54) is 6.33 Å². The fourth-order valence-corrected chi connectivity index (χ4v) is 2.98. The molecule has 24 heavy (non-hydrogen) atoms. The second-order valence-electron chi connectivity index (χ2n) is 6.23. The van der Waals surface area contributed by atoms with E-state index in [1.807, 2.05) is 36.9 Å². The summed E-state index contributed by atoms with van der Waals surface area (Å²) < 4.78 is 19.9. The van der Waals surface area contributed by atoms with Gasteiger partial charge in [-0.1, -0.05) is 19.9 Å². The minimum Gasteiger partial charge on any atom is -0.497 e. The van der Waals surface area contributed by atoms with E-state index in [4.69, 9.17) is 4.74 Å². The lowest BCUT2D eigenvalue weighted by molar-refractivity contribution is 0.414. The normalized spacial score (nSPS) is 15.0. The first-order valence-electron chi connectivity index (χ1n) is 8.24. The van der Waals surface area contributed by atoms with Gasteiger partial charge in [-0.05, 0) is 18.1 Å². The Morgan fingerprint density at radius 3 is 2.46 bits per heavy atom. The highest BCUT2D eigenvalue weighted by molar-refractivity contribution is 5.53. The molecule has 0 atom stereocenters. The summed E-state index contributed by atoms with van der Waals surface area (Å²) >= 11 is 0. The van der Waals surface area contributed by atoms with Crippen LogP contribution in [-0.4, -0.2) is 43.3 Å². The van der Waals surface area contributed by atoms with E-state index in [9.17, 15) is 4.39 Å². The third-order valence-electron chi connectivity index (χ3n) is 4.34. The Kier molecular flexibility index (Phi) is 4.83. The van der Waals surface area contributed by atoms with Gasteiger partial charge < -0.3 is 14.5 Å². The number of anilines is 2. The van der Waals surface area contributed by atoms with E-state index in [-0.39, 0.29) is 11.7 Å². The maximum absolute atomic E-state index is 14.6. The van der Waals surface area contributed by atoms with Crippen LogP contribution in [0, 0.1) is 5.82 Å². The number of halogens is 1. The summed E-state index contributed by atoms with van der Waals surface area (Å²) in [6.45, 7) is 6.96. The van der Waals surface area contributed by atoms with Crippen LogP contribution in [0.15, 0.2) is 30.6 Å². The van der Waals surface area contributed by atoms with Crippen molar-refractivity contribution in [2.75, 3.05) is 43.1 Å². The van der Waals surface area contributed by atoms with Crippen molar-refractivity contribution in [1.29, 1.82) is 0 Å².